The number of hydrogen-bond donors (Lipinski definition) is 1. The van der Waals surface area contributed by atoms with E-state index < -0.39 is 0 Å². The van der Waals surface area contributed by atoms with E-state index in [4.69, 9.17) is 10.5 Å². The topological polar surface area (TPSA) is 48.1 Å². The fourth-order valence-electron chi connectivity index (χ4n) is 0.744. The monoisotopic (exact) mass is 218 g/mol. The van der Waals surface area contributed by atoms with E-state index in [9.17, 15) is 4.39 Å². The molecule has 0 saturated carbocycles. The number of pyridine rings is 1. The Balaban J connectivity index is 0.00000169. The van der Waals surface area contributed by atoms with Crippen molar-refractivity contribution in [3.05, 3.63) is 36.4 Å². The van der Waals surface area contributed by atoms with Crippen LogP contribution in [-0.2, 0) is 0 Å². The molecule has 0 amide bonds. The highest BCUT2D eigenvalue weighted by Gasteiger charge is 1.91. The minimum absolute atomic E-state index is 0. The maximum atomic E-state index is 12.5. The summed E-state index contributed by atoms with van der Waals surface area (Å²) in [6.07, 6.45) is 4.50. The van der Waals surface area contributed by atoms with Crippen LogP contribution in [0.2, 0.25) is 0 Å². The van der Waals surface area contributed by atoms with E-state index in [-0.39, 0.29) is 31.4 Å². The van der Waals surface area contributed by atoms with Crippen LogP contribution in [0.1, 0.15) is 0 Å². The number of hydrogen-bond acceptors (Lipinski definition) is 3. The van der Waals surface area contributed by atoms with Gasteiger partial charge < -0.3 is 10.5 Å². The zero-order valence-electron chi connectivity index (χ0n) is 7.52. The van der Waals surface area contributed by atoms with Gasteiger partial charge in [-0.2, -0.15) is 0 Å². The van der Waals surface area contributed by atoms with Gasteiger partial charge in [-0.3, -0.25) is 4.98 Å². The number of halogens is 2. The summed E-state index contributed by atoms with van der Waals surface area (Å²) in [5.41, 5.74) is 5.04. The molecule has 1 rings (SSSR count). The number of rotatable bonds is 4. The summed E-state index contributed by atoms with van der Waals surface area (Å²) in [5.74, 6) is 0.243. The van der Waals surface area contributed by atoms with Gasteiger partial charge in [0, 0.05) is 12.7 Å². The summed E-state index contributed by atoms with van der Waals surface area (Å²) in [7, 11) is 0. The van der Waals surface area contributed by atoms with Crippen LogP contribution in [0.25, 0.3) is 0 Å². The molecule has 0 aliphatic carbocycles. The average Bonchev–Trinajstić information content (AvgIpc) is 2.19. The van der Waals surface area contributed by atoms with Crippen molar-refractivity contribution in [1.29, 1.82) is 0 Å². The zero-order valence-corrected chi connectivity index (χ0v) is 8.34. The van der Waals surface area contributed by atoms with Gasteiger partial charge >= 0.3 is 0 Å². The Bertz CT molecular complexity index is 279. The molecule has 1 aromatic heterocycles. The fourth-order valence-corrected chi connectivity index (χ4v) is 0.744. The van der Waals surface area contributed by atoms with Crippen molar-refractivity contribution in [2.45, 2.75) is 0 Å². The highest BCUT2D eigenvalue weighted by molar-refractivity contribution is 5.85. The smallest absolute Gasteiger partial charge is 0.138 e. The van der Waals surface area contributed by atoms with Crippen molar-refractivity contribution in [3.8, 4) is 5.75 Å². The minimum atomic E-state index is -0.371. The van der Waals surface area contributed by atoms with Gasteiger partial charge in [0.25, 0.3) is 0 Å². The Morgan fingerprint density at radius 3 is 3.00 bits per heavy atom. The third-order valence-corrected chi connectivity index (χ3v) is 1.38. The van der Waals surface area contributed by atoms with Crippen LogP contribution >= 0.6 is 12.4 Å². The van der Waals surface area contributed by atoms with E-state index in [2.05, 4.69) is 4.98 Å². The van der Waals surface area contributed by atoms with Crippen molar-refractivity contribution in [3.63, 3.8) is 0 Å². The Kier molecular flexibility index (Phi) is 6.70. The molecule has 0 atom stereocenters. The van der Waals surface area contributed by atoms with Gasteiger partial charge in [0.05, 0.1) is 6.20 Å². The largest absolute Gasteiger partial charge is 0.488 e. The Morgan fingerprint density at radius 1 is 1.64 bits per heavy atom. The Morgan fingerprint density at radius 2 is 2.43 bits per heavy atom. The summed E-state index contributed by atoms with van der Waals surface area (Å²) < 4.78 is 17.6. The second-order valence-corrected chi connectivity index (χ2v) is 2.35. The fraction of sp³-hybridized carbons (Fsp3) is 0.222. The van der Waals surface area contributed by atoms with E-state index in [0.29, 0.717) is 5.75 Å². The molecule has 0 aliphatic rings. The number of nitrogens with zero attached hydrogens (tertiary/aromatic N) is 1. The lowest BCUT2D eigenvalue weighted by atomic mass is 10.4. The first kappa shape index (κ1) is 12.9. The molecule has 0 spiro atoms. The number of nitrogens with two attached hydrogens (primary N) is 1. The quantitative estimate of drug-likeness (QED) is 0.837. The SMILES string of the molecule is Cl.NC/C(F)=C\COc1cccnc1. The van der Waals surface area contributed by atoms with Crippen molar-refractivity contribution in [1.82, 2.24) is 4.98 Å². The van der Waals surface area contributed by atoms with Crippen molar-refractivity contribution in [2.24, 2.45) is 5.73 Å². The van der Waals surface area contributed by atoms with E-state index in [1.54, 1.807) is 24.5 Å². The lowest BCUT2D eigenvalue weighted by Gasteiger charge is -2.00. The Hall–Kier alpha value is -1.13. The van der Waals surface area contributed by atoms with Crippen LogP contribution < -0.4 is 10.5 Å². The van der Waals surface area contributed by atoms with E-state index in [1.165, 1.54) is 6.08 Å². The predicted octanol–water partition coefficient (Wildman–Crippen LogP) is 1.69. The number of aromatic nitrogens is 1. The van der Waals surface area contributed by atoms with Crippen LogP contribution in [0, 0.1) is 0 Å². The molecule has 14 heavy (non-hydrogen) atoms. The molecule has 5 heteroatoms. The highest BCUT2D eigenvalue weighted by atomic mass is 35.5. The molecular formula is C9H12ClFN2O. The molecule has 0 fully saturated rings. The molecule has 0 saturated heterocycles. The molecule has 2 N–H and O–H groups in total. The molecule has 0 aromatic carbocycles. The van der Waals surface area contributed by atoms with E-state index in [1.807, 2.05) is 0 Å². The molecule has 0 bridgehead atoms. The average molecular weight is 219 g/mol. The second kappa shape index (κ2) is 7.29. The van der Waals surface area contributed by atoms with Gasteiger partial charge in [-0.25, -0.2) is 4.39 Å². The zero-order chi connectivity index (χ0) is 9.52. The molecule has 0 radical (unpaired) electrons. The van der Waals surface area contributed by atoms with Gasteiger partial charge in [-0.1, -0.05) is 0 Å². The molecule has 1 aromatic rings. The third-order valence-electron chi connectivity index (χ3n) is 1.38. The summed E-state index contributed by atoms with van der Waals surface area (Å²) in [5, 5.41) is 0. The maximum absolute atomic E-state index is 12.5. The van der Waals surface area contributed by atoms with Crippen LogP contribution in [0.4, 0.5) is 4.39 Å². The van der Waals surface area contributed by atoms with Crippen molar-refractivity contribution in [2.75, 3.05) is 13.2 Å². The molecule has 3 nitrogen and oxygen atoms in total. The summed E-state index contributed by atoms with van der Waals surface area (Å²) >= 11 is 0. The Labute approximate surface area is 88.2 Å². The maximum Gasteiger partial charge on any atom is 0.138 e. The van der Waals surface area contributed by atoms with Gasteiger partial charge in [-0.15, -0.1) is 12.4 Å². The van der Waals surface area contributed by atoms with Crippen LogP contribution in [0.3, 0.4) is 0 Å². The molecular weight excluding hydrogens is 207 g/mol. The highest BCUT2D eigenvalue weighted by Crippen LogP contribution is 2.06. The summed E-state index contributed by atoms with van der Waals surface area (Å²) in [6.45, 7) is 0.0884. The van der Waals surface area contributed by atoms with Crippen LogP contribution in [0.5, 0.6) is 5.75 Å². The minimum Gasteiger partial charge on any atom is -0.488 e. The first-order valence-electron chi connectivity index (χ1n) is 3.90. The normalized spacial score (nSPS) is 10.6. The van der Waals surface area contributed by atoms with Gasteiger partial charge in [0.1, 0.15) is 18.2 Å². The molecule has 78 valence electrons. The van der Waals surface area contributed by atoms with E-state index in [0.717, 1.165) is 0 Å². The summed E-state index contributed by atoms with van der Waals surface area (Å²) in [6, 6.07) is 3.50. The van der Waals surface area contributed by atoms with Gasteiger partial charge in [0.15, 0.2) is 0 Å². The van der Waals surface area contributed by atoms with Crippen LogP contribution in [-0.4, -0.2) is 18.1 Å². The van der Waals surface area contributed by atoms with Gasteiger partial charge in [-0.05, 0) is 18.2 Å². The van der Waals surface area contributed by atoms with Crippen LogP contribution in [0.15, 0.2) is 36.4 Å². The third kappa shape index (κ3) is 4.79. The van der Waals surface area contributed by atoms with Gasteiger partial charge in [0.2, 0.25) is 0 Å². The molecule has 0 aliphatic heterocycles. The van der Waals surface area contributed by atoms with Crippen molar-refractivity contribution < 1.29 is 9.13 Å². The lowest BCUT2D eigenvalue weighted by Crippen LogP contribution is -2.01. The lowest BCUT2D eigenvalue weighted by molar-refractivity contribution is 0.357. The first-order chi connectivity index (χ1) is 6.33. The van der Waals surface area contributed by atoms with E-state index >= 15 is 0 Å². The number of ether oxygens (including phenoxy) is 1. The molecule has 1 heterocycles. The molecule has 0 unspecified atom stereocenters. The summed E-state index contributed by atoms with van der Waals surface area (Å²) in [4.78, 5) is 3.84. The second-order valence-electron chi connectivity index (χ2n) is 2.35. The predicted molar refractivity (Wildman–Crippen MR) is 55.2 cm³/mol. The van der Waals surface area contributed by atoms with Crippen molar-refractivity contribution >= 4 is 12.4 Å². The standard InChI is InChI=1S/C9H11FN2O.ClH/c10-8(6-11)3-5-13-9-2-1-4-12-7-9;/h1-4,7H,5-6,11H2;1H/b8-3+;. The first-order valence-corrected chi connectivity index (χ1v) is 3.90.